The Labute approximate surface area is 108 Å². The maximum atomic E-state index is 10.7. The Morgan fingerprint density at radius 2 is 2.42 bits per heavy atom. The zero-order valence-corrected chi connectivity index (χ0v) is 10.1. The number of ether oxygens (including phenoxy) is 1. The molecule has 1 aliphatic heterocycles. The highest BCUT2D eigenvalue weighted by Gasteiger charge is 2.26. The van der Waals surface area contributed by atoms with Gasteiger partial charge in [0.15, 0.2) is 0 Å². The zero-order chi connectivity index (χ0) is 13.8. The summed E-state index contributed by atoms with van der Waals surface area (Å²) in [6.07, 6.45) is 0.961. The molecule has 0 aromatic carbocycles. The summed E-state index contributed by atoms with van der Waals surface area (Å²) in [7, 11) is 0. The molecule has 1 aliphatic rings. The van der Waals surface area contributed by atoms with Gasteiger partial charge in [-0.15, -0.1) is 0 Å². The normalized spacial score (nSPS) is 18.3. The molecular weight excluding hydrogens is 254 g/mol. The van der Waals surface area contributed by atoms with E-state index in [0.29, 0.717) is 25.6 Å². The Kier molecular flexibility index (Phi) is 3.79. The molecule has 0 bridgehead atoms. The first-order chi connectivity index (χ1) is 9.06. The van der Waals surface area contributed by atoms with E-state index in [1.54, 1.807) is 0 Å². The van der Waals surface area contributed by atoms with Crippen LogP contribution in [0.25, 0.3) is 0 Å². The molecule has 1 aromatic heterocycles. The maximum absolute atomic E-state index is 10.7. The Morgan fingerprint density at radius 1 is 1.63 bits per heavy atom. The second kappa shape index (κ2) is 5.51. The number of carbonyl (C=O) groups is 1. The summed E-state index contributed by atoms with van der Waals surface area (Å²) in [5.74, 6) is 0.437. The van der Waals surface area contributed by atoms with E-state index in [1.165, 1.54) is 17.0 Å². The summed E-state index contributed by atoms with van der Waals surface area (Å²) >= 11 is 0. The van der Waals surface area contributed by atoms with Crippen molar-refractivity contribution in [3.05, 3.63) is 28.4 Å². The molecule has 0 radical (unpaired) electrons. The summed E-state index contributed by atoms with van der Waals surface area (Å²) in [6.45, 7) is 1.31. The van der Waals surface area contributed by atoms with Crippen LogP contribution in [0.1, 0.15) is 6.42 Å². The van der Waals surface area contributed by atoms with Crippen LogP contribution in [0, 0.1) is 16.0 Å². The highest BCUT2D eigenvalue weighted by Crippen LogP contribution is 2.19. The minimum atomic E-state index is -0.920. The van der Waals surface area contributed by atoms with Crippen LogP contribution < -0.4 is 4.74 Å². The second-order valence-electron chi connectivity index (χ2n) is 4.31. The standard InChI is InChI=1S/C11H13N3O5/c15-11(16)13-4-3-8(6-13)7-19-10-2-1-9(5-12-10)14(17)18/h1-2,5,8H,3-4,6-7H2,(H,15,16)/t8-/m1/s1. The van der Waals surface area contributed by atoms with Gasteiger partial charge >= 0.3 is 6.09 Å². The summed E-state index contributed by atoms with van der Waals surface area (Å²) < 4.78 is 5.40. The lowest BCUT2D eigenvalue weighted by molar-refractivity contribution is -0.385. The van der Waals surface area contributed by atoms with Crippen LogP contribution in [0.3, 0.4) is 0 Å². The quantitative estimate of drug-likeness (QED) is 0.652. The number of likely N-dealkylation sites (tertiary alicyclic amines) is 1. The third kappa shape index (κ3) is 3.30. The zero-order valence-electron chi connectivity index (χ0n) is 10.1. The maximum Gasteiger partial charge on any atom is 0.407 e. The molecular formula is C11H13N3O5. The fourth-order valence-electron chi connectivity index (χ4n) is 1.91. The van der Waals surface area contributed by atoms with Crippen LogP contribution >= 0.6 is 0 Å². The van der Waals surface area contributed by atoms with E-state index in [4.69, 9.17) is 9.84 Å². The summed E-state index contributed by atoms with van der Waals surface area (Å²) in [6, 6.07) is 2.75. The lowest BCUT2D eigenvalue weighted by atomic mass is 10.1. The van der Waals surface area contributed by atoms with Crippen molar-refractivity contribution >= 4 is 11.8 Å². The smallest absolute Gasteiger partial charge is 0.407 e. The van der Waals surface area contributed by atoms with E-state index in [9.17, 15) is 14.9 Å². The van der Waals surface area contributed by atoms with Crippen molar-refractivity contribution in [3.63, 3.8) is 0 Å². The van der Waals surface area contributed by atoms with Crippen molar-refractivity contribution in [2.75, 3.05) is 19.7 Å². The highest BCUT2D eigenvalue weighted by atomic mass is 16.6. The predicted molar refractivity (Wildman–Crippen MR) is 64.1 cm³/mol. The third-order valence-electron chi connectivity index (χ3n) is 2.95. The molecule has 0 spiro atoms. The Morgan fingerprint density at radius 3 is 2.95 bits per heavy atom. The van der Waals surface area contributed by atoms with Gasteiger partial charge in [-0.3, -0.25) is 10.1 Å². The molecule has 8 heteroatoms. The van der Waals surface area contributed by atoms with Crippen LogP contribution in [0.2, 0.25) is 0 Å². The van der Waals surface area contributed by atoms with E-state index in [1.807, 2.05) is 0 Å². The molecule has 0 saturated carbocycles. The van der Waals surface area contributed by atoms with Gasteiger partial charge in [0, 0.05) is 31.1 Å². The molecule has 1 saturated heterocycles. The van der Waals surface area contributed by atoms with E-state index >= 15 is 0 Å². The van der Waals surface area contributed by atoms with Gasteiger partial charge in [0.05, 0.1) is 11.5 Å². The monoisotopic (exact) mass is 267 g/mol. The van der Waals surface area contributed by atoms with Crippen molar-refractivity contribution in [1.82, 2.24) is 9.88 Å². The first-order valence-electron chi connectivity index (χ1n) is 5.77. The first kappa shape index (κ1) is 13.1. The summed E-state index contributed by atoms with van der Waals surface area (Å²) in [5.41, 5.74) is -0.0923. The van der Waals surface area contributed by atoms with E-state index < -0.39 is 11.0 Å². The first-order valence-corrected chi connectivity index (χ1v) is 5.77. The number of aromatic nitrogens is 1. The minimum absolute atomic E-state index is 0.0923. The SMILES string of the molecule is O=C(O)N1CC[C@@H](COc2ccc([N+](=O)[O-])cn2)C1. The lowest BCUT2D eigenvalue weighted by Crippen LogP contribution is -2.27. The molecule has 2 rings (SSSR count). The van der Waals surface area contributed by atoms with E-state index in [0.717, 1.165) is 12.6 Å². The molecule has 1 atom stereocenters. The number of rotatable bonds is 4. The number of pyridine rings is 1. The molecule has 19 heavy (non-hydrogen) atoms. The largest absolute Gasteiger partial charge is 0.477 e. The average molecular weight is 267 g/mol. The fourth-order valence-corrected chi connectivity index (χ4v) is 1.91. The minimum Gasteiger partial charge on any atom is -0.477 e. The number of nitrogens with zero attached hydrogens (tertiary/aromatic N) is 3. The van der Waals surface area contributed by atoms with Gasteiger partial charge in [-0.05, 0) is 6.42 Å². The number of nitro groups is 1. The van der Waals surface area contributed by atoms with Gasteiger partial charge in [0.25, 0.3) is 5.69 Å². The van der Waals surface area contributed by atoms with E-state index in [-0.39, 0.29) is 11.6 Å². The van der Waals surface area contributed by atoms with Crippen LogP contribution in [0.4, 0.5) is 10.5 Å². The van der Waals surface area contributed by atoms with Crippen molar-refractivity contribution in [3.8, 4) is 5.88 Å². The molecule has 2 heterocycles. The molecule has 0 aliphatic carbocycles. The van der Waals surface area contributed by atoms with Gasteiger partial charge in [-0.1, -0.05) is 0 Å². The van der Waals surface area contributed by atoms with Gasteiger partial charge in [0.2, 0.25) is 5.88 Å². The predicted octanol–water partition coefficient (Wildman–Crippen LogP) is 1.37. The lowest BCUT2D eigenvalue weighted by Gasteiger charge is -2.12. The number of hydrogen-bond donors (Lipinski definition) is 1. The average Bonchev–Trinajstić information content (AvgIpc) is 2.86. The van der Waals surface area contributed by atoms with Gasteiger partial charge < -0.3 is 14.7 Å². The Hall–Kier alpha value is -2.38. The molecule has 102 valence electrons. The molecule has 8 nitrogen and oxygen atoms in total. The van der Waals surface area contributed by atoms with Crippen molar-refractivity contribution in [2.45, 2.75) is 6.42 Å². The summed E-state index contributed by atoms with van der Waals surface area (Å²) in [5, 5.41) is 19.3. The topological polar surface area (TPSA) is 106 Å². The molecule has 1 amide bonds. The molecule has 1 N–H and O–H groups in total. The van der Waals surface area contributed by atoms with Crippen LogP contribution in [-0.2, 0) is 0 Å². The molecule has 0 unspecified atom stereocenters. The van der Waals surface area contributed by atoms with Crippen LogP contribution in [-0.4, -0.2) is 45.7 Å². The fraction of sp³-hybridized carbons (Fsp3) is 0.455. The number of carboxylic acid groups (broad SMARTS) is 1. The molecule has 1 fully saturated rings. The van der Waals surface area contributed by atoms with Gasteiger partial charge in [0.1, 0.15) is 6.20 Å². The van der Waals surface area contributed by atoms with Gasteiger partial charge in [-0.25, -0.2) is 9.78 Å². The van der Waals surface area contributed by atoms with Crippen LogP contribution in [0.15, 0.2) is 18.3 Å². The Balaban J connectivity index is 1.83. The summed E-state index contributed by atoms with van der Waals surface area (Å²) in [4.78, 5) is 25.8. The highest BCUT2D eigenvalue weighted by molar-refractivity contribution is 5.65. The number of amides is 1. The van der Waals surface area contributed by atoms with E-state index in [2.05, 4.69) is 4.98 Å². The van der Waals surface area contributed by atoms with Crippen molar-refractivity contribution < 1.29 is 19.6 Å². The Bertz CT molecular complexity index is 476. The molecule has 1 aromatic rings. The van der Waals surface area contributed by atoms with Crippen molar-refractivity contribution in [1.29, 1.82) is 0 Å². The van der Waals surface area contributed by atoms with Crippen molar-refractivity contribution in [2.24, 2.45) is 5.92 Å². The third-order valence-corrected chi connectivity index (χ3v) is 2.95. The van der Waals surface area contributed by atoms with Crippen LogP contribution in [0.5, 0.6) is 5.88 Å². The second-order valence-corrected chi connectivity index (χ2v) is 4.31. The number of hydrogen-bond acceptors (Lipinski definition) is 5. The van der Waals surface area contributed by atoms with Gasteiger partial charge in [-0.2, -0.15) is 0 Å².